The highest BCUT2D eigenvalue weighted by Gasteiger charge is 1.88. The molecule has 56 valence electrons. The number of nitrogens with two attached hydrogens (primary N) is 1. The van der Waals surface area contributed by atoms with Gasteiger partial charge >= 0.3 is 0 Å². The standard InChI is InChI=1S/C9H13N.H2/c1-2-8-3-5-9(7-10)6-4-8;/h3-6H,2,7,10H2,1H3;1H. The van der Waals surface area contributed by atoms with Crippen LogP contribution in [-0.4, -0.2) is 0 Å². The Balaban J connectivity index is 0.000001000. The Morgan fingerprint density at radius 2 is 1.70 bits per heavy atom. The first-order valence-electron chi connectivity index (χ1n) is 3.64. The summed E-state index contributed by atoms with van der Waals surface area (Å²) in [5, 5.41) is 0. The van der Waals surface area contributed by atoms with Crippen LogP contribution < -0.4 is 5.73 Å². The molecule has 0 fully saturated rings. The topological polar surface area (TPSA) is 26.0 Å². The number of hydrogen-bond donors (Lipinski definition) is 1. The van der Waals surface area contributed by atoms with Crippen LogP contribution >= 0.6 is 0 Å². The van der Waals surface area contributed by atoms with E-state index in [0.29, 0.717) is 6.54 Å². The summed E-state index contributed by atoms with van der Waals surface area (Å²) in [5.41, 5.74) is 8.02. The highest BCUT2D eigenvalue weighted by Crippen LogP contribution is 2.03. The van der Waals surface area contributed by atoms with E-state index in [0.717, 1.165) is 6.42 Å². The van der Waals surface area contributed by atoms with Crippen molar-refractivity contribution < 1.29 is 1.43 Å². The van der Waals surface area contributed by atoms with Crippen molar-refractivity contribution in [3.8, 4) is 0 Å². The third-order valence-corrected chi connectivity index (χ3v) is 1.67. The molecule has 0 radical (unpaired) electrons. The largest absolute Gasteiger partial charge is 0.326 e. The zero-order valence-electron chi connectivity index (χ0n) is 6.30. The van der Waals surface area contributed by atoms with Gasteiger partial charge < -0.3 is 5.73 Å². The van der Waals surface area contributed by atoms with E-state index in [1.54, 1.807) is 0 Å². The molecule has 1 aromatic carbocycles. The summed E-state index contributed by atoms with van der Waals surface area (Å²) in [6.07, 6.45) is 1.10. The summed E-state index contributed by atoms with van der Waals surface area (Å²) in [7, 11) is 0. The van der Waals surface area contributed by atoms with Gasteiger partial charge in [0.1, 0.15) is 0 Å². The fraction of sp³-hybridized carbons (Fsp3) is 0.333. The van der Waals surface area contributed by atoms with Gasteiger partial charge in [0.25, 0.3) is 0 Å². The average Bonchev–Trinajstić information content (AvgIpc) is 2.05. The lowest BCUT2D eigenvalue weighted by Crippen LogP contribution is -1.95. The molecular formula is C9H15N. The molecule has 1 rings (SSSR count). The normalized spacial score (nSPS) is 9.80. The first kappa shape index (κ1) is 7.29. The fourth-order valence-electron chi connectivity index (χ4n) is 0.911. The van der Waals surface area contributed by atoms with Crippen molar-refractivity contribution in [2.24, 2.45) is 5.73 Å². The van der Waals surface area contributed by atoms with Crippen molar-refractivity contribution in [2.75, 3.05) is 0 Å². The van der Waals surface area contributed by atoms with Crippen LogP contribution in [-0.2, 0) is 13.0 Å². The summed E-state index contributed by atoms with van der Waals surface area (Å²) >= 11 is 0. The van der Waals surface area contributed by atoms with Crippen LogP contribution in [0, 0.1) is 0 Å². The molecule has 0 aliphatic heterocycles. The van der Waals surface area contributed by atoms with Gasteiger partial charge in [0.15, 0.2) is 0 Å². The first-order chi connectivity index (χ1) is 4.86. The summed E-state index contributed by atoms with van der Waals surface area (Å²) in [6, 6.07) is 8.42. The maximum absolute atomic E-state index is 5.44. The molecule has 1 heteroatoms. The molecular weight excluding hydrogens is 122 g/mol. The molecule has 1 aromatic rings. The Bertz CT molecular complexity index is 170. The quantitative estimate of drug-likeness (QED) is 0.662. The van der Waals surface area contributed by atoms with Gasteiger partial charge in [0.05, 0.1) is 0 Å². The predicted octanol–water partition coefficient (Wildman–Crippen LogP) is 1.95. The van der Waals surface area contributed by atoms with Gasteiger partial charge in [-0.1, -0.05) is 31.2 Å². The van der Waals surface area contributed by atoms with Gasteiger partial charge in [0.2, 0.25) is 0 Å². The molecule has 0 aromatic heterocycles. The lowest BCUT2D eigenvalue weighted by atomic mass is 10.1. The highest BCUT2D eigenvalue weighted by molar-refractivity contribution is 5.21. The van der Waals surface area contributed by atoms with E-state index in [2.05, 4.69) is 31.2 Å². The molecule has 0 heterocycles. The molecule has 0 aliphatic carbocycles. The summed E-state index contributed by atoms with van der Waals surface area (Å²) in [5.74, 6) is 0. The second-order valence-electron chi connectivity index (χ2n) is 2.37. The van der Waals surface area contributed by atoms with Crippen LogP contribution in [0.4, 0.5) is 0 Å². The molecule has 0 aliphatic rings. The number of aryl methyl sites for hydroxylation is 1. The first-order valence-corrected chi connectivity index (χ1v) is 3.64. The zero-order chi connectivity index (χ0) is 7.40. The third-order valence-electron chi connectivity index (χ3n) is 1.67. The Kier molecular flexibility index (Phi) is 2.46. The SMILES string of the molecule is CCc1ccc(CN)cc1.[HH]. The van der Waals surface area contributed by atoms with Crippen molar-refractivity contribution in [3.63, 3.8) is 0 Å². The lowest BCUT2D eigenvalue weighted by Gasteiger charge is -1.97. The van der Waals surface area contributed by atoms with Crippen molar-refractivity contribution in [1.82, 2.24) is 0 Å². The van der Waals surface area contributed by atoms with Gasteiger partial charge in [-0.25, -0.2) is 0 Å². The monoisotopic (exact) mass is 137 g/mol. The van der Waals surface area contributed by atoms with Gasteiger partial charge in [-0.15, -0.1) is 0 Å². The summed E-state index contributed by atoms with van der Waals surface area (Å²) < 4.78 is 0. The van der Waals surface area contributed by atoms with Crippen LogP contribution in [0.5, 0.6) is 0 Å². The second-order valence-corrected chi connectivity index (χ2v) is 2.37. The highest BCUT2D eigenvalue weighted by atomic mass is 14.5. The van der Waals surface area contributed by atoms with E-state index >= 15 is 0 Å². The van der Waals surface area contributed by atoms with Gasteiger partial charge in [-0.2, -0.15) is 0 Å². The molecule has 0 saturated heterocycles. The smallest absolute Gasteiger partial charge is 0.0178 e. The van der Waals surface area contributed by atoms with Crippen LogP contribution in [0.15, 0.2) is 24.3 Å². The van der Waals surface area contributed by atoms with Crippen molar-refractivity contribution in [3.05, 3.63) is 35.4 Å². The summed E-state index contributed by atoms with van der Waals surface area (Å²) in [6.45, 7) is 2.79. The van der Waals surface area contributed by atoms with Crippen LogP contribution in [0.1, 0.15) is 19.5 Å². The van der Waals surface area contributed by atoms with Crippen LogP contribution in [0.3, 0.4) is 0 Å². The van der Waals surface area contributed by atoms with Crippen LogP contribution in [0.25, 0.3) is 0 Å². The maximum Gasteiger partial charge on any atom is 0.0178 e. The van der Waals surface area contributed by atoms with Crippen LogP contribution in [0.2, 0.25) is 0 Å². The van der Waals surface area contributed by atoms with E-state index < -0.39 is 0 Å². The minimum atomic E-state index is 0. The van der Waals surface area contributed by atoms with E-state index in [9.17, 15) is 0 Å². The molecule has 2 N–H and O–H groups in total. The molecule has 0 saturated carbocycles. The molecule has 0 unspecified atom stereocenters. The average molecular weight is 137 g/mol. The van der Waals surface area contributed by atoms with Gasteiger partial charge in [-0.3, -0.25) is 0 Å². The molecule has 1 nitrogen and oxygen atoms in total. The van der Waals surface area contributed by atoms with Gasteiger partial charge in [-0.05, 0) is 17.5 Å². The molecule has 0 bridgehead atoms. The van der Waals surface area contributed by atoms with Crippen molar-refractivity contribution in [2.45, 2.75) is 19.9 Å². The lowest BCUT2D eigenvalue weighted by molar-refractivity contribution is 1.06. The van der Waals surface area contributed by atoms with Crippen molar-refractivity contribution in [1.29, 1.82) is 0 Å². The second kappa shape index (κ2) is 3.37. The van der Waals surface area contributed by atoms with E-state index in [4.69, 9.17) is 5.73 Å². The van der Waals surface area contributed by atoms with E-state index in [-0.39, 0.29) is 1.43 Å². The third kappa shape index (κ3) is 1.58. The van der Waals surface area contributed by atoms with E-state index in [1.807, 2.05) is 0 Å². The minimum absolute atomic E-state index is 0. The number of benzene rings is 1. The Morgan fingerprint density at radius 3 is 2.10 bits per heavy atom. The van der Waals surface area contributed by atoms with E-state index in [1.165, 1.54) is 11.1 Å². The number of rotatable bonds is 2. The Morgan fingerprint density at radius 1 is 1.20 bits per heavy atom. The number of hydrogen-bond acceptors (Lipinski definition) is 1. The predicted molar refractivity (Wildman–Crippen MR) is 45.8 cm³/mol. The molecule has 0 atom stereocenters. The van der Waals surface area contributed by atoms with Gasteiger partial charge in [0, 0.05) is 7.97 Å². The zero-order valence-corrected chi connectivity index (χ0v) is 6.30. The molecule has 10 heavy (non-hydrogen) atoms. The summed E-state index contributed by atoms with van der Waals surface area (Å²) in [4.78, 5) is 0. The van der Waals surface area contributed by atoms with Crippen molar-refractivity contribution >= 4 is 0 Å². The Hall–Kier alpha value is -0.820. The molecule has 0 amide bonds. The molecule has 0 spiro atoms. The maximum atomic E-state index is 5.44. The fourth-order valence-corrected chi connectivity index (χ4v) is 0.911. The minimum Gasteiger partial charge on any atom is -0.326 e. The Labute approximate surface area is 63.4 Å².